The van der Waals surface area contributed by atoms with E-state index in [2.05, 4.69) is 36.7 Å². The van der Waals surface area contributed by atoms with Gasteiger partial charge in [-0.3, -0.25) is 0 Å². The minimum Gasteiger partial charge on any atom is -0.353 e. The van der Waals surface area contributed by atoms with E-state index < -0.39 is 0 Å². The molecule has 0 amide bonds. The molecule has 0 radical (unpaired) electrons. The highest BCUT2D eigenvalue weighted by Gasteiger charge is 2.24. The van der Waals surface area contributed by atoms with E-state index >= 15 is 0 Å². The number of aryl methyl sites for hydroxylation is 1. The van der Waals surface area contributed by atoms with Crippen molar-refractivity contribution in [3.8, 4) is 0 Å². The lowest BCUT2D eigenvalue weighted by Gasteiger charge is -2.30. The van der Waals surface area contributed by atoms with Crippen LogP contribution in [0, 0.1) is 6.92 Å². The minimum absolute atomic E-state index is 0.369. The molecule has 0 aromatic carbocycles. The third kappa shape index (κ3) is 3.69. The predicted molar refractivity (Wildman–Crippen MR) is 84.1 cm³/mol. The first kappa shape index (κ1) is 15.2. The Bertz CT molecular complexity index is 424. The Kier molecular flexibility index (Phi) is 5.35. The molecule has 0 aliphatic heterocycles. The maximum atomic E-state index is 5.70. The van der Waals surface area contributed by atoms with Crippen LogP contribution in [0.25, 0.3) is 0 Å². The molecule has 2 N–H and O–H groups in total. The van der Waals surface area contributed by atoms with Crippen LogP contribution in [0.15, 0.2) is 6.07 Å². The lowest BCUT2D eigenvalue weighted by atomic mass is 10.1. The quantitative estimate of drug-likeness (QED) is 0.867. The van der Waals surface area contributed by atoms with Gasteiger partial charge in [-0.25, -0.2) is 9.97 Å². The van der Waals surface area contributed by atoms with E-state index in [0.717, 1.165) is 36.8 Å². The average molecular weight is 276 g/mol. The Morgan fingerprint density at radius 2 is 2.00 bits per heavy atom. The van der Waals surface area contributed by atoms with Gasteiger partial charge in [-0.2, -0.15) is 0 Å². The molecule has 0 unspecified atom stereocenters. The standard InChI is InChI=1S/C16H28N4/c1-12(2)16-18-13(3)11-15(19-16)20(10-6-9-17)14-7-4-5-8-14/h11-12,14H,4-10,17H2,1-3H3. The van der Waals surface area contributed by atoms with Crippen LogP contribution in [0.1, 0.15) is 63.4 Å². The second kappa shape index (κ2) is 7.02. The Labute approximate surface area is 122 Å². The van der Waals surface area contributed by atoms with E-state index in [-0.39, 0.29) is 0 Å². The first-order valence-corrected chi connectivity index (χ1v) is 7.94. The molecule has 20 heavy (non-hydrogen) atoms. The van der Waals surface area contributed by atoms with Gasteiger partial charge >= 0.3 is 0 Å². The van der Waals surface area contributed by atoms with Gasteiger partial charge < -0.3 is 10.6 Å². The Morgan fingerprint density at radius 3 is 2.60 bits per heavy atom. The van der Waals surface area contributed by atoms with Gasteiger partial charge in [0.1, 0.15) is 11.6 Å². The summed E-state index contributed by atoms with van der Waals surface area (Å²) in [5.74, 6) is 2.42. The molecule has 0 atom stereocenters. The summed E-state index contributed by atoms with van der Waals surface area (Å²) in [6, 6.07) is 2.76. The zero-order chi connectivity index (χ0) is 14.5. The molecule has 4 heteroatoms. The van der Waals surface area contributed by atoms with Crippen molar-refractivity contribution in [2.24, 2.45) is 5.73 Å². The van der Waals surface area contributed by atoms with Gasteiger partial charge in [-0.15, -0.1) is 0 Å². The molecule has 2 rings (SSSR count). The molecule has 0 saturated heterocycles. The van der Waals surface area contributed by atoms with Gasteiger partial charge in [-0.05, 0) is 32.7 Å². The molecule has 1 heterocycles. The summed E-state index contributed by atoms with van der Waals surface area (Å²) in [6.45, 7) is 8.11. The lowest BCUT2D eigenvalue weighted by molar-refractivity contribution is 0.583. The molecule has 1 aliphatic carbocycles. The van der Waals surface area contributed by atoms with Crippen molar-refractivity contribution >= 4 is 5.82 Å². The summed E-state index contributed by atoms with van der Waals surface area (Å²) in [6.07, 6.45) is 6.27. The zero-order valence-electron chi connectivity index (χ0n) is 13.1. The van der Waals surface area contributed by atoms with E-state index in [1.165, 1.54) is 25.7 Å². The number of anilines is 1. The van der Waals surface area contributed by atoms with Crippen LogP contribution in [0.2, 0.25) is 0 Å². The van der Waals surface area contributed by atoms with E-state index in [0.29, 0.717) is 12.0 Å². The Morgan fingerprint density at radius 1 is 1.30 bits per heavy atom. The molecule has 1 fully saturated rings. The highest BCUT2D eigenvalue weighted by molar-refractivity contribution is 5.41. The molecular formula is C16H28N4. The van der Waals surface area contributed by atoms with Gasteiger partial charge in [0.15, 0.2) is 0 Å². The van der Waals surface area contributed by atoms with Crippen LogP contribution in [-0.2, 0) is 0 Å². The highest BCUT2D eigenvalue weighted by atomic mass is 15.2. The first-order valence-electron chi connectivity index (χ1n) is 7.94. The highest BCUT2D eigenvalue weighted by Crippen LogP contribution is 2.28. The SMILES string of the molecule is Cc1cc(N(CCCN)C2CCCC2)nc(C(C)C)n1. The molecule has 4 nitrogen and oxygen atoms in total. The van der Waals surface area contributed by atoms with Crippen molar-refractivity contribution in [1.29, 1.82) is 0 Å². The van der Waals surface area contributed by atoms with Gasteiger partial charge in [0.05, 0.1) is 0 Å². The maximum absolute atomic E-state index is 5.70. The third-order valence-corrected chi connectivity index (χ3v) is 4.04. The van der Waals surface area contributed by atoms with Crippen molar-refractivity contribution < 1.29 is 0 Å². The van der Waals surface area contributed by atoms with E-state index in [9.17, 15) is 0 Å². The summed E-state index contributed by atoms with van der Waals surface area (Å²) in [7, 11) is 0. The van der Waals surface area contributed by atoms with Crippen LogP contribution < -0.4 is 10.6 Å². The van der Waals surface area contributed by atoms with Crippen LogP contribution in [0.5, 0.6) is 0 Å². The number of hydrogen-bond donors (Lipinski definition) is 1. The molecule has 0 bridgehead atoms. The number of aromatic nitrogens is 2. The van der Waals surface area contributed by atoms with Crippen molar-refractivity contribution in [2.75, 3.05) is 18.0 Å². The van der Waals surface area contributed by atoms with Crippen molar-refractivity contribution in [2.45, 2.75) is 64.8 Å². The summed E-state index contributed by atoms with van der Waals surface area (Å²) in [5, 5.41) is 0. The summed E-state index contributed by atoms with van der Waals surface area (Å²) < 4.78 is 0. The lowest BCUT2D eigenvalue weighted by Crippen LogP contribution is -2.36. The molecule has 1 aliphatic rings. The van der Waals surface area contributed by atoms with Crippen molar-refractivity contribution in [3.63, 3.8) is 0 Å². The van der Waals surface area contributed by atoms with Crippen molar-refractivity contribution in [3.05, 3.63) is 17.6 Å². The maximum Gasteiger partial charge on any atom is 0.133 e. The van der Waals surface area contributed by atoms with E-state index in [1.807, 2.05) is 0 Å². The van der Waals surface area contributed by atoms with Gasteiger partial charge in [0, 0.05) is 30.3 Å². The molecule has 0 spiro atoms. The number of nitrogens with two attached hydrogens (primary N) is 1. The first-order chi connectivity index (χ1) is 9.61. The van der Waals surface area contributed by atoms with Gasteiger partial charge in [0.2, 0.25) is 0 Å². The fourth-order valence-corrected chi connectivity index (χ4v) is 2.94. The van der Waals surface area contributed by atoms with Crippen LogP contribution >= 0.6 is 0 Å². The second-order valence-corrected chi connectivity index (χ2v) is 6.15. The van der Waals surface area contributed by atoms with E-state index in [1.54, 1.807) is 0 Å². The normalized spacial score (nSPS) is 16.1. The molecule has 1 aromatic rings. The topological polar surface area (TPSA) is 55.0 Å². The number of hydrogen-bond acceptors (Lipinski definition) is 4. The van der Waals surface area contributed by atoms with Crippen LogP contribution in [0.4, 0.5) is 5.82 Å². The molecular weight excluding hydrogens is 248 g/mol. The summed E-state index contributed by atoms with van der Waals surface area (Å²) in [4.78, 5) is 11.8. The van der Waals surface area contributed by atoms with Crippen LogP contribution in [0.3, 0.4) is 0 Å². The monoisotopic (exact) mass is 276 g/mol. The largest absolute Gasteiger partial charge is 0.353 e. The van der Waals surface area contributed by atoms with Crippen molar-refractivity contribution in [1.82, 2.24) is 9.97 Å². The summed E-state index contributed by atoms with van der Waals surface area (Å²) in [5.41, 5.74) is 6.77. The van der Waals surface area contributed by atoms with Crippen LogP contribution in [-0.4, -0.2) is 29.1 Å². The number of rotatable bonds is 6. The molecule has 1 saturated carbocycles. The predicted octanol–water partition coefficient (Wildman–Crippen LogP) is 3.01. The smallest absolute Gasteiger partial charge is 0.133 e. The molecule has 112 valence electrons. The fraction of sp³-hybridized carbons (Fsp3) is 0.750. The third-order valence-electron chi connectivity index (χ3n) is 4.04. The fourth-order valence-electron chi connectivity index (χ4n) is 2.94. The molecule has 1 aromatic heterocycles. The second-order valence-electron chi connectivity index (χ2n) is 6.15. The number of nitrogens with zero attached hydrogens (tertiary/aromatic N) is 3. The average Bonchev–Trinajstić information content (AvgIpc) is 2.92. The Hall–Kier alpha value is -1.16. The summed E-state index contributed by atoms with van der Waals surface area (Å²) >= 11 is 0. The van der Waals surface area contributed by atoms with Gasteiger partial charge in [0.25, 0.3) is 0 Å². The minimum atomic E-state index is 0.369. The Balaban J connectivity index is 2.26. The van der Waals surface area contributed by atoms with Gasteiger partial charge in [-0.1, -0.05) is 26.7 Å². The van der Waals surface area contributed by atoms with E-state index in [4.69, 9.17) is 10.7 Å². The zero-order valence-corrected chi connectivity index (χ0v) is 13.1.